The van der Waals surface area contributed by atoms with Crippen LogP contribution in [0.25, 0.3) is 0 Å². The highest BCUT2D eigenvalue weighted by Crippen LogP contribution is 2.29. The molecule has 0 aromatic heterocycles. The molecule has 1 aliphatic heterocycles. The fourth-order valence-corrected chi connectivity index (χ4v) is 1.42. The Morgan fingerprint density at radius 1 is 1.53 bits per heavy atom. The van der Waals surface area contributed by atoms with Gasteiger partial charge in [-0.25, -0.2) is 0 Å². The highest BCUT2D eigenvalue weighted by molar-refractivity contribution is 6.02. The summed E-state index contributed by atoms with van der Waals surface area (Å²) in [5, 5.41) is 0. The van der Waals surface area contributed by atoms with Crippen molar-refractivity contribution < 1.29 is 14.3 Å². The van der Waals surface area contributed by atoms with Gasteiger partial charge in [0, 0.05) is 6.07 Å². The van der Waals surface area contributed by atoms with E-state index in [0.717, 1.165) is 12.2 Å². The average Bonchev–Trinajstić information content (AvgIpc) is 2.61. The first-order valence-electron chi connectivity index (χ1n) is 4.85. The normalized spacial score (nSPS) is 13.2. The molecule has 3 nitrogen and oxygen atoms in total. The molecule has 3 heteroatoms. The first-order chi connectivity index (χ1) is 7.31. The standard InChI is InChI=1S/C12H12O3/c1-2-3-6-14-9-4-5-10-11(13)8-15-12(10)7-9/h2,4-5,7H,1,3,6,8H2. The second-order valence-electron chi connectivity index (χ2n) is 3.30. The second kappa shape index (κ2) is 4.17. The number of Topliss-reactive ketones (excluding diaryl/α,β-unsaturated/α-hetero) is 1. The molecule has 1 heterocycles. The van der Waals surface area contributed by atoms with Gasteiger partial charge >= 0.3 is 0 Å². The Labute approximate surface area is 88.3 Å². The molecule has 78 valence electrons. The summed E-state index contributed by atoms with van der Waals surface area (Å²) in [6.45, 7) is 4.35. The van der Waals surface area contributed by atoms with Gasteiger partial charge in [-0.15, -0.1) is 6.58 Å². The highest BCUT2D eigenvalue weighted by Gasteiger charge is 2.21. The molecule has 0 amide bonds. The number of benzene rings is 1. The van der Waals surface area contributed by atoms with Crippen LogP contribution in [0.4, 0.5) is 0 Å². The van der Waals surface area contributed by atoms with Crippen molar-refractivity contribution in [1.82, 2.24) is 0 Å². The molecule has 0 atom stereocenters. The Hall–Kier alpha value is -1.77. The van der Waals surface area contributed by atoms with Gasteiger partial charge in [0.1, 0.15) is 11.5 Å². The average molecular weight is 204 g/mol. The van der Waals surface area contributed by atoms with E-state index >= 15 is 0 Å². The van der Waals surface area contributed by atoms with E-state index < -0.39 is 0 Å². The molecule has 0 unspecified atom stereocenters. The summed E-state index contributed by atoms with van der Waals surface area (Å²) in [7, 11) is 0. The summed E-state index contributed by atoms with van der Waals surface area (Å²) in [6.07, 6.45) is 2.60. The molecule has 0 bridgehead atoms. The molecule has 2 rings (SSSR count). The van der Waals surface area contributed by atoms with Crippen LogP contribution in [-0.4, -0.2) is 19.0 Å². The highest BCUT2D eigenvalue weighted by atomic mass is 16.5. The van der Waals surface area contributed by atoms with Crippen LogP contribution in [0.2, 0.25) is 0 Å². The number of ether oxygens (including phenoxy) is 2. The van der Waals surface area contributed by atoms with E-state index in [1.165, 1.54) is 0 Å². The fraction of sp³-hybridized carbons (Fsp3) is 0.250. The third kappa shape index (κ3) is 2.01. The Kier molecular flexibility index (Phi) is 2.72. The third-order valence-corrected chi connectivity index (χ3v) is 2.20. The number of carbonyl (C=O) groups excluding carboxylic acids is 1. The lowest BCUT2D eigenvalue weighted by Gasteiger charge is -2.05. The van der Waals surface area contributed by atoms with Gasteiger partial charge in [0.2, 0.25) is 5.78 Å². The predicted molar refractivity (Wildman–Crippen MR) is 56.6 cm³/mol. The topological polar surface area (TPSA) is 35.5 Å². The quantitative estimate of drug-likeness (QED) is 0.557. The summed E-state index contributed by atoms with van der Waals surface area (Å²) >= 11 is 0. The molecule has 1 aromatic carbocycles. The zero-order chi connectivity index (χ0) is 10.7. The largest absolute Gasteiger partial charge is 0.493 e. The molecule has 0 spiro atoms. The maximum Gasteiger partial charge on any atom is 0.203 e. The zero-order valence-electron chi connectivity index (χ0n) is 8.36. The Balaban J connectivity index is 2.09. The molecular formula is C12H12O3. The molecule has 0 fully saturated rings. The van der Waals surface area contributed by atoms with Crippen LogP contribution in [0.5, 0.6) is 11.5 Å². The van der Waals surface area contributed by atoms with E-state index in [9.17, 15) is 4.79 Å². The lowest BCUT2D eigenvalue weighted by atomic mass is 10.1. The van der Waals surface area contributed by atoms with E-state index in [0.29, 0.717) is 17.9 Å². The Morgan fingerprint density at radius 3 is 3.20 bits per heavy atom. The van der Waals surface area contributed by atoms with Gasteiger partial charge in [-0.05, 0) is 18.6 Å². The minimum Gasteiger partial charge on any atom is -0.493 e. The van der Waals surface area contributed by atoms with Gasteiger partial charge in [-0.1, -0.05) is 6.08 Å². The van der Waals surface area contributed by atoms with Crippen LogP contribution in [-0.2, 0) is 0 Å². The van der Waals surface area contributed by atoms with E-state index in [2.05, 4.69) is 6.58 Å². The van der Waals surface area contributed by atoms with Crippen LogP contribution >= 0.6 is 0 Å². The summed E-state index contributed by atoms with van der Waals surface area (Å²) in [4.78, 5) is 11.3. The lowest BCUT2D eigenvalue weighted by molar-refractivity contribution is 0.0961. The number of rotatable bonds is 4. The minimum absolute atomic E-state index is 0.0302. The van der Waals surface area contributed by atoms with Gasteiger partial charge < -0.3 is 9.47 Å². The van der Waals surface area contributed by atoms with E-state index in [4.69, 9.17) is 9.47 Å². The van der Waals surface area contributed by atoms with Gasteiger partial charge in [-0.2, -0.15) is 0 Å². The molecule has 0 aliphatic carbocycles. The summed E-state index contributed by atoms with van der Waals surface area (Å²) < 4.78 is 10.7. The van der Waals surface area contributed by atoms with Gasteiger partial charge in [-0.3, -0.25) is 4.79 Å². The van der Waals surface area contributed by atoms with Crippen LogP contribution in [0.15, 0.2) is 30.9 Å². The number of hydrogen-bond donors (Lipinski definition) is 0. The maximum atomic E-state index is 11.3. The molecule has 0 N–H and O–H groups in total. The number of ketones is 1. The molecular weight excluding hydrogens is 192 g/mol. The Morgan fingerprint density at radius 2 is 2.40 bits per heavy atom. The van der Waals surface area contributed by atoms with Crippen molar-refractivity contribution in [2.24, 2.45) is 0 Å². The van der Waals surface area contributed by atoms with Gasteiger partial charge in [0.05, 0.1) is 12.2 Å². The van der Waals surface area contributed by atoms with Gasteiger partial charge in [0.15, 0.2) is 6.61 Å². The zero-order valence-corrected chi connectivity index (χ0v) is 8.36. The Bertz CT molecular complexity index is 396. The van der Waals surface area contributed by atoms with Crippen molar-refractivity contribution in [3.8, 4) is 11.5 Å². The molecule has 0 radical (unpaired) electrons. The number of fused-ring (bicyclic) bond motifs is 1. The first kappa shape index (κ1) is 9.77. The summed E-state index contributed by atoms with van der Waals surface area (Å²) in [5.41, 5.74) is 0.645. The van der Waals surface area contributed by atoms with Crippen molar-refractivity contribution in [3.63, 3.8) is 0 Å². The van der Waals surface area contributed by atoms with E-state index in [-0.39, 0.29) is 12.4 Å². The van der Waals surface area contributed by atoms with Crippen molar-refractivity contribution in [3.05, 3.63) is 36.4 Å². The van der Waals surface area contributed by atoms with Gasteiger partial charge in [0.25, 0.3) is 0 Å². The van der Waals surface area contributed by atoms with E-state index in [1.807, 2.05) is 0 Å². The molecule has 1 aliphatic rings. The van der Waals surface area contributed by atoms with Crippen molar-refractivity contribution in [2.45, 2.75) is 6.42 Å². The monoisotopic (exact) mass is 204 g/mol. The lowest BCUT2D eigenvalue weighted by Crippen LogP contribution is -1.98. The minimum atomic E-state index is 0.0302. The fourth-order valence-electron chi connectivity index (χ4n) is 1.42. The van der Waals surface area contributed by atoms with Crippen LogP contribution in [0, 0.1) is 0 Å². The van der Waals surface area contributed by atoms with Crippen molar-refractivity contribution >= 4 is 5.78 Å². The van der Waals surface area contributed by atoms with Crippen LogP contribution < -0.4 is 9.47 Å². The first-order valence-corrected chi connectivity index (χ1v) is 4.85. The van der Waals surface area contributed by atoms with Crippen molar-refractivity contribution in [1.29, 1.82) is 0 Å². The molecule has 15 heavy (non-hydrogen) atoms. The molecule has 0 saturated carbocycles. The summed E-state index contributed by atoms with van der Waals surface area (Å²) in [6, 6.07) is 5.28. The molecule has 0 saturated heterocycles. The summed E-state index contributed by atoms with van der Waals surface area (Å²) in [5.74, 6) is 1.38. The SMILES string of the molecule is C=CCCOc1ccc2c(c1)OCC2=O. The van der Waals surface area contributed by atoms with E-state index in [1.54, 1.807) is 24.3 Å². The van der Waals surface area contributed by atoms with Crippen molar-refractivity contribution in [2.75, 3.05) is 13.2 Å². The maximum absolute atomic E-state index is 11.3. The second-order valence-corrected chi connectivity index (χ2v) is 3.30. The predicted octanol–water partition coefficient (Wildman–Crippen LogP) is 2.22. The van der Waals surface area contributed by atoms with Crippen LogP contribution in [0.1, 0.15) is 16.8 Å². The smallest absolute Gasteiger partial charge is 0.203 e. The number of hydrogen-bond acceptors (Lipinski definition) is 3. The third-order valence-electron chi connectivity index (χ3n) is 2.20. The molecule has 1 aromatic rings. The van der Waals surface area contributed by atoms with Crippen LogP contribution in [0.3, 0.4) is 0 Å². The number of carbonyl (C=O) groups is 1.